The monoisotopic (exact) mass is 253 g/mol. The third-order valence-electron chi connectivity index (χ3n) is 3.60. The topological polar surface area (TPSA) is 61.6 Å². The van der Waals surface area contributed by atoms with Gasteiger partial charge >= 0.3 is 0 Å². The molecule has 2 heterocycles. The number of nitrogens with zero attached hydrogens (tertiary/aromatic N) is 1. The van der Waals surface area contributed by atoms with Crippen LogP contribution in [0.25, 0.3) is 0 Å². The van der Waals surface area contributed by atoms with Gasteiger partial charge in [-0.05, 0) is 6.07 Å². The number of hydrogen-bond donors (Lipinski definition) is 0. The van der Waals surface area contributed by atoms with Gasteiger partial charge in [-0.1, -0.05) is 6.07 Å². The SMILES string of the molecule is O=[N+]([O-])c1cccc2c1CC1(CCOCC1F)O2. The molecule has 0 bridgehead atoms. The summed E-state index contributed by atoms with van der Waals surface area (Å²) in [5, 5.41) is 10.9. The highest BCUT2D eigenvalue weighted by Gasteiger charge is 2.50. The summed E-state index contributed by atoms with van der Waals surface area (Å²) >= 11 is 0. The number of hydrogen-bond acceptors (Lipinski definition) is 4. The number of rotatable bonds is 1. The summed E-state index contributed by atoms with van der Waals surface area (Å²) in [5.74, 6) is 0.425. The first-order valence-corrected chi connectivity index (χ1v) is 5.79. The summed E-state index contributed by atoms with van der Waals surface area (Å²) in [4.78, 5) is 10.5. The van der Waals surface area contributed by atoms with Crippen LogP contribution in [0.5, 0.6) is 5.75 Å². The summed E-state index contributed by atoms with van der Waals surface area (Å²) in [7, 11) is 0. The van der Waals surface area contributed by atoms with E-state index in [1.165, 1.54) is 6.07 Å². The van der Waals surface area contributed by atoms with Crippen molar-refractivity contribution in [1.82, 2.24) is 0 Å². The predicted molar refractivity (Wildman–Crippen MR) is 60.5 cm³/mol. The van der Waals surface area contributed by atoms with Crippen LogP contribution in [0.2, 0.25) is 0 Å². The maximum Gasteiger partial charge on any atom is 0.276 e. The third kappa shape index (κ3) is 1.56. The lowest BCUT2D eigenvalue weighted by Gasteiger charge is -2.35. The van der Waals surface area contributed by atoms with Crippen molar-refractivity contribution in [3.05, 3.63) is 33.9 Å². The van der Waals surface area contributed by atoms with Crippen LogP contribution in [0.1, 0.15) is 12.0 Å². The Labute approximate surface area is 103 Å². The van der Waals surface area contributed by atoms with E-state index in [1.54, 1.807) is 12.1 Å². The summed E-state index contributed by atoms with van der Waals surface area (Å²) in [6.45, 7) is 0.407. The Hall–Kier alpha value is -1.69. The zero-order valence-electron chi connectivity index (χ0n) is 9.60. The first kappa shape index (κ1) is 11.4. The highest BCUT2D eigenvalue weighted by Crippen LogP contribution is 2.45. The molecule has 2 aliphatic rings. The summed E-state index contributed by atoms with van der Waals surface area (Å²) in [6.07, 6.45) is -0.595. The Kier molecular flexibility index (Phi) is 2.48. The van der Waals surface area contributed by atoms with Crippen molar-refractivity contribution in [2.45, 2.75) is 24.6 Å². The van der Waals surface area contributed by atoms with Gasteiger partial charge in [0.15, 0.2) is 6.17 Å². The fourth-order valence-electron chi connectivity index (χ4n) is 2.61. The minimum atomic E-state index is -1.25. The highest BCUT2D eigenvalue weighted by atomic mass is 19.1. The van der Waals surface area contributed by atoms with Crippen molar-refractivity contribution in [3.8, 4) is 5.75 Å². The van der Waals surface area contributed by atoms with Gasteiger partial charge in [-0.15, -0.1) is 0 Å². The molecular weight excluding hydrogens is 241 g/mol. The van der Waals surface area contributed by atoms with E-state index in [9.17, 15) is 14.5 Å². The summed E-state index contributed by atoms with van der Waals surface area (Å²) in [5.41, 5.74) is -0.484. The lowest BCUT2D eigenvalue weighted by molar-refractivity contribution is -0.385. The van der Waals surface area contributed by atoms with E-state index < -0.39 is 16.7 Å². The van der Waals surface area contributed by atoms with Gasteiger partial charge in [0.1, 0.15) is 11.4 Å². The van der Waals surface area contributed by atoms with Gasteiger partial charge in [0.05, 0.1) is 23.7 Å². The minimum absolute atomic E-state index is 0.00284. The number of halogens is 1. The number of alkyl halides is 1. The van der Waals surface area contributed by atoms with Crippen molar-refractivity contribution >= 4 is 5.69 Å². The van der Waals surface area contributed by atoms with E-state index in [1.807, 2.05) is 0 Å². The molecule has 6 heteroatoms. The second-order valence-electron chi connectivity index (χ2n) is 4.65. The number of benzene rings is 1. The molecule has 2 atom stereocenters. The number of fused-ring (bicyclic) bond motifs is 1. The molecule has 0 N–H and O–H groups in total. The summed E-state index contributed by atoms with van der Waals surface area (Å²) < 4.78 is 24.8. The molecule has 0 aliphatic carbocycles. The van der Waals surface area contributed by atoms with Crippen LogP contribution >= 0.6 is 0 Å². The van der Waals surface area contributed by atoms with Gasteiger partial charge in [-0.3, -0.25) is 10.1 Å². The third-order valence-corrected chi connectivity index (χ3v) is 3.60. The Balaban J connectivity index is 2.00. The average Bonchev–Trinajstić information content (AvgIpc) is 2.71. The fourth-order valence-corrected chi connectivity index (χ4v) is 2.61. The molecule has 0 aromatic heterocycles. The smallest absolute Gasteiger partial charge is 0.276 e. The van der Waals surface area contributed by atoms with Crippen molar-refractivity contribution in [1.29, 1.82) is 0 Å². The Morgan fingerprint density at radius 3 is 3.06 bits per heavy atom. The van der Waals surface area contributed by atoms with Gasteiger partial charge in [0.2, 0.25) is 0 Å². The van der Waals surface area contributed by atoms with Crippen molar-refractivity contribution in [2.75, 3.05) is 13.2 Å². The van der Waals surface area contributed by atoms with E-state index in [-0.39, 0.29) is 18.7 Å². The van der Waals surface area contributed by atoms with Gasteiger partial charge in [0, 0.05) is 18.9 Å². The molecule has 2 unspecified atom stereocenters. The molecule has 0 amide bonds. The van der Waals surface area contributed by atoms with Crippen LogP contribution in [-0.4, -0.2) is 29.9 Å². The molecule has 18 heavy (non-hydrogen) atoms. The second-order valence-corrected chi connectivity index (χ2v) is 4.65. The van der Waals surface area contributed by atoms with Gasteiger partial charge in [-0.2, -0.15) is 0 Å². The molecule has 2 aliphatic heterocycles. The van der Waals surface area contributed by atoms with Crippen LogP contribution < -0.4 is 4.74 Å². The largest absolute Gasteiger partial charge is 0.483 e. The number of ether oxygens (including phenoxy) is 2. The van der Waals surface area contributed by atoms with Crippen LogP contribution in [-0.2, 0) is 11.2 Å². The van der Waals surface area contributed by atoms with Crippen molar-refractivity contribution in [2.24, 2.45) is 0 Å². The van der Waals surface area contributed by atoms with Crippen molar-refractivity contribution in [3.63, 3.8) is 0 Å². The molecule has 5 nitrogen and oxygen atoms in total. The molecule has 96 valence electrons. The molecule has 3 rings (SSSR count). The lowest BCUT2D eigenvalue weighted by Crippen LogP contribution is -2.50. The zero-order valence-corrected chi connectivity index (χ0v) is 9.60. The number of nitro groups is 1. The van der Waals surface area contributed by atoms with E-state index in [2.05, 4.69) is 0 Å². The maximum absolute atomic E-state index is 14.0. The quantitative estimate of drug-likeness (QED) is 0.567. The minimum Gasteiger partial charge on any atom is -0.483 e. The molecule has 0 radical (unpaired) electrons. The van der Waals surface area contributed by atoms with E-state index >= 15 is 0 Å². The van der Waals surface area contributed by atoms with Gasteiger partial charge < -0.3 is 9.47 Å². The first-order chi connectivity index (χ1) is 8.62. The number of nitro benzene ring substituents is 1. The Morgan fingerprint density at radius 2 is 2.33 bits per heavy atom. The molecular formula is C12H12FNO4. The average molecular weight is 253 g/mol. The zero-order chi connectivity index (χ0) is 12.8. The van der Waals surface area contributed by atoms with Crippen LogP contribution in [0, 0.1) is 10.1 Å². The van der Waals surface area contributed by atoms with E-state index in [0.29, 0.717) is 24.3 Å². The highest BCUT2D eigenvalue weighted by molar-refractivity contribution is 5.53. The van der Waals surface area contributed by atoms with Crippen LogP contribution in [0.4, 0.5) is 10.1 Å². The molecule has 1 aromatic rings. The molecule has 0 saturated carbocycles. The molecule has 1 fully saturated rings. The van der Waals surface area contributed by atoms with Gasteiger partial charge in [-0.25, -0.2) is 4.39 Å². The van der Waals surface area contributed by atoms with E-state index in [0.717, 1.165) is 0 Å². The normalized spacial score (nSPS) is 29.9. The fraction of sp³-hybridized carbons (Fsp3) is 0.500. The molecule has 1 aromatic carbocycles. The molecule has 1 saturated heterocycles. The standard InChI is InChI=1S/C12H12FNO4/c13-11-7-17-5-4-12(11)6-8-9(14(15)16)2-1-3-10(8)18-12/h1-3,11H,4-7H2. The summed E-state index contributed by atoms with van der Waals surface area (Å²) in [6, 6.07) is 4.63. The van der Waals surface area contributed by atoms with Crippen LogP contribution in [0.15, 0.2) is 18.2 Å². The first-order valence-electron chi connectivity index (χ1n) is 5.79. The lowest BCUT2D eigenvalue weighted by atomic mass is 9.87. The molecule has 1 spiro atoms. The van der Waals surface area contributed by atoms with Crippen molar-refractivity contribution < 1.29 is 18.8 Å². The maximum atomic E-state index is 14.0. The van der Waals surface area contributed by atoms with Gasteiger partial charge in [0.25, 0.3) is 5.69 Å². The van der Waals surface area contributed by atoms with E-state index in [4.69, 9.17) is 9.47 Å². The Morgan fingerprint density at radius 1 is 1.50 bits per heavy atom. The second kappa shape index (κ2) is 3.91. The Bertz CT molecular complexity index is 507. The van der Waals surface area contributed by atoms with Crippen LogP contribution in [0.3, 0.4) is 0 Å². The predicted octanol–water partition coefficient (Wildman–Crippen LogP) is 2.03.